The SMILES string of the molecule is CC(C)(C)c1noc(C23CCC(CN(C(=O)CC45CC(F)(C4)C5)c4cccc(-c5noc(C6(C)COC6)n5)c4)(CC2)CC3)n1. The zero-order valence-electron chi connectivity index (χ0n) is 26.2. The Morgan fingerprint density at radius 2 is 1.61 bits per heavy atom. The van der Waals surface area contributed by atoms with E-state index in [9.17, 15) is 9.18 Å². The van der Waals surface area contributed by atoms with Crippen molar-refractivity contribution in [3.63, 3.8) is 0 Å². The minimum Gasteiger partial charge on any atom is -0.379 e. The van der Waals surface area contributed by atoms with E-state index in [1.54, 1.807) is 0 Å². The Kier molecular flexibility index (Phi) is 5.93. The highest BCUT2D eigenvalue weighted by Crippen LogP contribution is 2.71. The van der Waals surface area contributed by atoms with Gasteiger partial charge in [-0.25, -0.2) is 4.39 Å². The van der Waals surface area contributed by atoms with E-state index in [0.29, 0.717) is 57.2 Å². The molecule has 10 rings (SSSR count). The van der Waals surface area contributed by atoms with Gasteiger partial charge >= 0.3 is 0 Å². The Balaban J connectivity index is 1.05. The van der Waals surface area contributed by atoms with E-state index in [2.05, 4.69) is 38.0 Å². The minimum atomic E-state index is -1.03. The molecule has 1 aromatic carbocycles. The first-order valence-corrected chi connectivity index (χ1v) is 16.2. The van der Waals surface area contributed by atoms with Gasteiger partial charge in [-0.1, -0.05) is 43.2 Å². The Hall–Kier alpha value is -3.14. The summed E-state index contributed by atoms with van der Waals surface area (Å²) in [6.07, 6.45) is 7.86. The second-order valence-electron chi connectivity index (χ2n) is 16.3. The molecule has 44 heavy (non-hydrogen) atoms. The molecule has 1 saturated heterocycles. The molecule has 1 aliphatic heterocycles. The van der Waals surface area contributed by atoms with Gasteiger partial charge in [0.15, 0.2) is 5.82 Å². The van der Waals surface area contributed by atoms with Crippen molar-refractivity contribution in [3.8, 4) is 11.4 Å². The number of ether oxygens (including phenoxy) is 1. The first-order chi connectivity index (χ1) is 20.8. The predicted molar refractivity (Wildman–Crippen MR) is 160 cm³/mol. The fourth-order valence-corrected chi connectivity index (χ4v) is 8.62. The molecular formula is C34H42FN5O4. The molecule has 6 aliphatic carbocycles. The van der Waals surface area contributed by atoms with Crippen molar-refractivity contribution in [2.75, 3.05) is 24.7 Å². The lowest BCUT2D eigenvalue weighted by Gasteiger charge is -2.66. The van der Waals surface area contributed by atoms with Gasteiger partial charge in [-0.05, 0) is 87.7 Å². The number of fused-ring (bicyclic) bond motifs is 3. The van der Waals surface area contributed by atoms with Crippen LogP contribution in [0.1, 0.15) is 110 Å². The molecule has 9 nitrogen and oxygen atoms in total. The van der Waals surface area contributed by atoms with Crippen LogP contribution in [0.25, 0.3) is 11.4 Å². The van der Waals surface area contributed by atoms with Gasteiger partial charge in [0.05, 0.1) is 18.6 Å². The Morgan fingerprint density at radius 3 is 2.20 bits per heavy atom. The third-order valence-corrected chi connectivity index (χ3v) is 11.5. The van der Waals surface area contributed by atoms with Gasteiger partial charge in [0.25, 0.3) is 0 Å². The van der Waals surface area contributed by atoms with E-state index in [1.165, 1.54) is 0 Å². The van der Waals surface area contributed by atoms with Gasteiger partial charge in [0.1, 0.15) is 5.67 Å². The number of carbonyl (C=O) groups excluding carboxylic acids is 1. The Bertz CT molecular complexity index is 1570. The Labute approximate surface area is 257 Å². The highest BCUT2D eigenvalue weighted by molar-refractivity contribution is 5.94. The molecule has 0 radical (unpaired) electrons. The summed E-state index contributed by atoms with van der Waals surface area (Å²) in [5.41, 5.74) is -0.0298. The van der Waals surface area contributed by atoms with Crippen LogP contribution in [0.5, 0.6) is 0 Å². The van der Waals surface area contributed by atoms with E-state index >= 15 is 0 Å². The number of anilines is 1. The summed E-state index contributed by atoms with van der Waals surface area (Å²) in [7, 11) is 0. The van der Waals surface area contributed by atoms with Crippen LogP contribution in [0, 0.1) is 10.8 Å². The number of carbonyl (C=O) groups is 1. The van der Waals surface area contributed by atoms with E-state index in [1.807, 2.05) is 29.2 Å². The maximum atomic E-state index is 14.4. The second-order valence-corrected chi connectivity index (χ2v) is 16.3. The van der Waals surface area contributed by atoms with Crippen LogP contribution in [0.15, 0.2) is 33.3 Å². The zero-order valence-corrected chi connectivity index (χ0v) is 26.2. The predicted octanol–water partition coefficient (Wildman–Crippen LogP) is 6.61. The highest BCUT2D eigenvalue weighted by Gasteiger charge is 2.69. The number of benzene rings is 1. The number of rotatable bonds is 8. The number of aromatic nitrogens is 4. The lowest BCUT2D eigenvalue weighted by Crippen LogP contribution is -2.65. The maximum absolute atomic E-state index is 14.4. The van der Waals surface area contributed by atoms with Gasteiger partial charge in [-0.2, -0.15) is 9.97 Å². The summed E-state index contributed by atoms with van der Waals surface area (Å²) in [5.74, 6) is 2.70. The van der Waals surface area contributed by atoms with Crippen molar-refractivity contribution >= 4 is 11.6 Å². The number of nitrogens with zero attached hydrogens (tertiary/aromatic N) is 5. The Morgan fingerprint density at radius 1 is 0.932 bits per heavy atom. The molecule has 0 atom stereocenters. The average molecular weight is 604 g/mol. The third-order valence-electron chi connectivity index (χ3n) is 11.5. The number of amides is 1. The van der Waals surface area contributed by atoms with Crippen LogP contribution in [-0.2, 0) is 25.8 Å². The van der Waals surface area contributed by atoms with Crippen LogP contribution >= 0.6 is 0 Å². The summed E-state index contributed by atoms with van der Waals surface area (Å²) in [6, 6.07) is 7.92. The van der Waals surface area contributed by atoms with Gasteiger partial charge in [0, 0.05) is 35.0 Å². The number of hydrogen-bond acceptors (Lipinski definition) is 8. The molecule has 6 saturated carbocycles. The molecule has 3 heterocycles. The summed E-state index contributed by atoms with van der Waals surface area (Å²) in [6.45, 7) is 10.1. The molecule has 7 aliphatic rings. The number of hydrogen-bond donors (Lipinski definition) is 0. The molecule has 234 valence electrons. The molecule has 7 fully saturated rings. The molecule has 10 heteroatoms. The third kappa shape index (κ3) is 4.45. The summed E-state index contributed by atoms with van der Waals surface area (Å²) < 4.78 is 31.3. The molecule has 3 aromatic rings. The van der Waals surface area contributed by atoms with E-state index in [0.717, 1.165) is 61.5 Å². The smallest absolute Gasteiger partial charge is 0.237 e. The lowest BCUT2D eigenvalue weighted by atomic mass is 9.41. The lowest BCUT2D eigenvalue weighted by molar-refractivity contribution is -0.215. The quantitative estimate of drug-likeness (QED) is 0.283. The van der Waals surface area contributed by atoms with Crippen molar-refractivity contribution in [2.24, 2.45) is 10.8 Å². The van der Waals surface area contributed by atoms with Crippen LogP contribution in [0.4, 0.5) is 10.1 Å². The second kappa shape index (κ2) is 9.21. The molecule has 2 aromatic heterocycles. The molecule has 4 bridgehead atoms. The summed E-state index contributed by atoms with van der Waals surface area (Å²) >= 11 is 0. The van der Waals surface area contributed by atoms with E-state index < -0.39 is 5.67 Å². The van der Waals surface area contributed by atoms with Gasteiger partial charge in [0.2, 0.25) is 23.5 Å². The number of alkyl halides is 1. The summed E-state index contributed by atoms with van der Waals surface area (Å²) in [4.78, 5) is 25.7. The van der Waals surface area contributed by atoms with Crippen LogP contribution in [-0.4, -0.2) is 51.6 Å². The molecule has 0 spiro atoms. The van der Waals surface area contributed by atoms with Crippen LogP contribution in [0.2, 0.25) is 0 Å². The van der Waals surface area contributed by atoms with Crippen LogP contribution in [0.3, 0.4) is 0 Å². The first-order valence-electron chi connectivity index (χ1n) is 16.2. The topological polar surface area (TPSA) is 107 Å². The molecule has 0 N–H and O–H groups in total. The van der Waals surface area contributed by atoms with E-state index in [4.69, 9.17) is 23.8 Å². The largest absolute Gasteiger partial charge is 0.379 e. The molecular weight excluding hydrogens is 561 g/mol. The standard InChI is InChI=1S/C34H42FN5O4/c1-29(2,3)26-37-28(44-39-26)33-11-8-31(9-12-33,10-13-33)19-40(24(41)15-32-16-34(35,17-32)18-32)23-7-5-6-22(14-23)25-36-27(43-38-25)30(4)20-42-21-30/h5-7,14H,8-13,15-21H2,1-4H3. The monoisotopic (exact) mass is 603 g/mol. The summed E-state index contributed by atoms with van der Waals surface area (Å²) in [5, 5.41) is 8.60. The van der Waals surface area contributed by atoms with Crippen molar-refractivity contribution < 1.29 is 23.0 Å². The van der Waals surface area contributed by atoms with Crippen LogP contribution < -0.4 is 4.90 Å². The first kappa shape index (κ1) is 28.3. The van der Waals surface area contributed by atoms with Gasteiger partial charge in [-0.15, -0.1) is 0 Å². The highest BCUT2D eigenvalue weighted by atomic mass is 19.1. The van der Waals surface area contributed by atoms with Gasteiger partial charge < -0.3 is 18.7 Å². The zero-order chi connectivity index (χ0) is 30.6. The van der Waals surface area contributed by atoms with Crippen molar-refractivity contribution in [1.29, 1.82) is 0 Å². The van der Waals surface area contributed by atoms with Crippen molar-refractivity contribution in [2.45, 2.75) is 114 Å². The van der Waals surface area contributed by atoms with Gasteiger partial charge in [-0.3, -0.25) is 4.79 Å². The normalized spacial score (nSPS) is 33.3. The fraction of sp³-hybridized carbons (Fsp3) is 0.676. The van der Waals surface area contributed by atoms with E-state index in [-0.39, 0.29) is 33.0 Å². The van der Waals surface area contributed by atoms with Crippen molar-refractivity contribution in [1.82, 2.24) is 20.3 Å². The maximum Gasteiger partial charge on any atom is 0.237 e. The molecule has 0 unspecified atom stereocenters. The van der Waals surface area contributed by atoms with Crippen molar-refractivity contribution in [3.05, 3.63) is 41.9 Å². The molecule has 1 amide bonds. The average Bonchev–Trinajstić information content (AvgIpc) is 3.66. The number of halogens is 1. The fourth-order valence-electron chi connectivity index (χ4n) is 8.62. The minimum absolute atomic E-state index is 0.0131.